The van der Waals surface area contributed by atoms with Crippen molar-refractivity contribution in [1.82, 2.24) is 0 Å². The van der Waals surface area contributed by atoms with E-state index in [0.717, 1.165) is 19.4 Å². The summed E-state index contributed by atoms with van der Waals surface area (Å²) in [6, 6.07) is 0. The zero-order valence-electron chi connectivity index (χ0n) is 9.67. The van der Waals surface area contributed by atoms with Crippen molar-refractivity contribution >= 4 is 16.8 Å². The third-order valence-corrected chi connectivity index (χ3v) is 4.64. The van der Waals surface area contributed by atoms with Crippen LogP contribution in [0.5, 0.6) is 0 Å². The quantitative estimate of drug-likeness (QED) is 0.783. The first-order valence-corrected chi connectivity index (χ1v) is 7.49. The molecule has 2 heterocycles. The molecule has 2 saturated heterocycles. The summed E-state index contributed by atoms with van der Waals surface area (Å²) in [6.07, 6.45) is 2.48. The molecule has 0 aliphatic carbocycles. The van der Waals surface area contributed by atoms with Gasteiger partial charge in [-0.05, 0) is 25.7 Å². The van der Waals surface area contributed by atoms with Crippen LogP contribution >= 0.6 is 0 Å². The summed E-state index contributed by atoms with van der Waals surface area (Å²) in [5.74, 6) is 0.0683. The third-order valence-electron chi connectivity index (χ3n) is 3.15. The molecule has 4 atom stereocenters. The molecular weight excluding hydrogens is 244 g/mol. The average molecular weight is 262 g/mol. The maximum absolute atomic E-state index is 11.8. The summed E-state index contributed by atoms with van der Waals surface area (Å²) in [6.45, 7) is 0.767. The summed E-state index contributed by atoms with van der Waals surface area (Å²) in [7, 11) is -0.971. The van der Waals surface area contributed by atoms with E-state index in [9.17, 15) is 9.00 Å². The Morgan fingerprint density at radius 2 is 2.00 bits per heavy atom. The van der Waals surface area contributed by atoms with E-state index in [1.165, 1.54) is 0 Å². The largest absolute Gasteiger partial charge is 0.479 e. The van der Waals surface area contributed by atoms with Crippen LogP contribution in [0.25, 0.3) is 0 Å². The molecule has 2 fully saturated rings. The molecule has 17 heavy (non-hydrogen) atoms. The number of hydrogen-bond acceptors (Lipinski definition) is 4. The van der Waals surface area contributed by atoms with Gasteiger partial charge in [0.05, 0.1) is 12.2 Å². The SMILES string of the molecule is O=C(O)C1CCC(CS(=O)CC2CCCO2)O1. The Balaban J connectivity index is 1.70. The fourth-order valence-electron chi connectivity index (χ4n) is 2.27. The minimum absolute atomic E-state index is 0.118. The Morgan fingerprint density at radius 3 is 2.59 bits per heavy atom. The third kappa shape index (κ3) is 3.76. The Labute approximate surface area is 103 Å². The first-order chi connectivity index (χ1) is 8.15. The molecule has 0 amide bonds. The molecule has 0 radical (unpaired) electrons. The van der Waals surface area contributed by atoms with Crippen molar-refractivity contribution in [3.8, 4) is 0 Å². The predicted molar refractivity (Wildman–Crippen MR) is 62.4 cm³/mol. The fourth-order valence-corrected chi connectivity index (χ4v) is 3.74. The summed E-state index contributed by atoms with van der Waals surface area (Å²) in [5, 5.41) is 8.77. The Bertz CT molecular complexity index is 300. The van der Waals surface area contributed by atoms with Gasteiger partial charge in [0.1, 0.15) is 0 Å². The lowest BCUT2D eigenvalue weighted by Gasteiger charge is -2.13. The van der Waals surface area contributed by atoms with E-state index in [1.54, 1.807) is 0 Å². The van der Waals surface area contributed by atoms with E-state index < -0.39 is 22.9 Å². The molecule has 0 aromatic heterocycles. The second-order valence-electron chi connectivity index (χ2n) is 4.57. The van der Waals surface area contributed by atoms with Gasteiger partial charge in [-0.1, -0.05) is 0 Å². The molecule has 0 aromatic carbocycles. The Morgan fingerprint density at radius 1 is 1.24 bits per heavy atom. The van der Waals surface area contributed by atoms with Gasteiger partial charge in [0, 0.05) is 28.9 Å². The molecule has 0 saturated carbocycles. The van der Waals surface area contributed by atoms with Crippen molar-refractivity contribution in [3.05, 3.63) is 0 Å². The lowest BCUT2D eigenvalue weighted by atomic mass is 10.2. The number of carbonyl (C=O) groups is 1. The highest BCUT2D eigenvalue weighted by atomic mass is 32.2. The van der Waals surface area contributed by atoms with Crippen molar-refractivity contribution < 1.29 is 23.6 Å². The standard InChI is InChI=1S/C11H18O5S/c12-11(13)10-4-3-9(16-10)7-17(14)6-8-2-1-5-15-8/h8-10H,1-7H2,(H,12,13). The van der Waals surface area contributed by atoms with Crippen LogP contribution in [0.3, 0.4) is 0 Å². The van der Waals surface area contributed by atoms with E-state index in [0.29, 0.717) is 24.3 Å². The number of aliphatic carboxylic acids is 1. The molecule has 5 nitrogen and oxygen atoms in total. The highest BCUT2D eigenvalue weighted by Crippen LogP contribution is 2.21. The van der Waals surface area contributed by atoms with Crippen molar-refractivity contribution in [3.63, 3.8) is 0 Å². The highest BCUT2D eigenvalue weighted by molar-refractivity contribution is 7.85. The van der Waals surface area contributed by atoms with Crippen molar-refractivity contribution in [1.29, 1.82) is 0 Å². The van der Waals surface area contributed by atoms with Gasteiger partial charge < -0.3 is 14.6 Å². The minimum Gasteiger partial charge on any atom is -0.479 e. The van der Waals surface area contributed by atoms with Gasteiger partial charge in [-0.15, -0.1) is 0 Å². The van der Waals surface area contributed by atoms with E-state index in [1.807, 2.05) is 0 Å². The van der Waals surface area contributed by atoms with Crippen LogP contribution in [0.15, 0.2) is 0 Å². The van der Waals surface area contributed by atoms with Gasteiger partial charge in [0.15, 0.2) is 6.10 Å². The molecule has 0 aromatic rings. The zero-order valence-corrected chi connectivity index (χ0v) is 10.5. The van der Waals surface area contributed by atoms with E-state index in [4.69, 9.17) is 14.6 Å². The summed E-state index contributed by atoms with van der Waals surface area (Å²) >= 11 is 0. The van der Waals surface area contributed by atoms with Gasteiger partial charge in [0.25, 0.3) is 0 Å². The second kappa shape index (κ2) is 5.93. The predicted octanol–water partition coefficient (Wildman–Crippen LogP) is 0.546. The molecule has 6 heteroatoms. The van der Waals surface area contributed by atoms with Crippen molar-refractivity contribution in [2.75, 3.05) is 18.1 Å². The van der Waals surface area contributed by atoms with E-state index in [2.05, 4.69) is 0 Å². The molecule has 1 N–H and O–H groups in total. The summed E-state index contributed by atoms with van der Waals surface area (Å²) in [5.41, 5.74) is 0. The van der Waals surface area contributed by atoms with Crippen LogP contribution in [0.4, 0.5) is 0 Å². The maximum Gasteiger partial charge on any atom is 0.332 e. The van der Waals surface area contributed by atoms with E-state index >= 15 is 0 Å². The van der Waals surface area contributed by atoms with Crippen LogP contribution in [0.2, 0.25) is 0 Å². The van der Waals surface area contributed by atoms with Crippen LogP contribution in [-0.2, 0) is 25.1 Å². The summed E-state index contributed by atoms with van der Waals surface area (Å²) in [4.78, 5) is 10.7. The molecule has 2 rings (SSSR count). The van der Waals surface area contributed by atoms with Crippen LogP contribution in [-0.4, -0.2) is 51.7 Å². The minimum atomic E-state index is -0.971. The monoisotopic (exact) mass is 262 g/mol. The maximum atomic E-state index is 11.8. The fraction of sp³-hybridized carbons (Fsp3) is 0.909. The molecule has 2 aliphatic heterocycles. The molecule has 2 aliphatic rings. The average Bonchev–Trinajstić information content (AvgIpc) is 2.88. The van der Waals surface area contributed by atoms with Crippen LogP contribution in [0.1, 0.15) is 25.7 Å². The molecule has 4 unspecified atom stereocenters. The number of rotatable bonds is 5. The van der Waals surface area contributed by atoms with Crippen molar-refractivity contribution in [2.24, 2.45) is 0 Å². The van der Waals surface area contributed by atoms with Gasteiger partial charge in [-0.25, -0.2) is 4.79 Å². The van der Waals surface area contributed by atoms with Gasteiger partial charge in [-0.3, -0.25) is 4.21 Å². The first kappa shape index (κ1) is 13.0. The molecule has 0 spiro atoms. The van der Waals surface area contributed by atoms with E-state index in [-0.39, 0.29) is 12.2 Å². The smallest absolute Gasteiger partial charge is 0.332 e. The number of carboxylic acids is 1. The molecular formula is C11H18O5S. The lowest BCUT2D eigenvalue weighted by Crippen LogP contribution is -2.26. The second-order valence-corrected chi connectivity index (χ2v) is 6.12. The molecule has 98 valence electrons. The Hall–Kier alpha value is -0.460. The molecule has 0 bridgehead atoms. The number of hydrogen-bond donors (Lipinski definition) is 1. The summed E-state index contributed by atoms with van der Waals surface area (Å²) < 4.78 is 22.6. The normalized spacial score (nSPS) is 34.9. The van der Waals surface area contributed by atoms with Crippen molar-refractivity contribution in [2.45, 2.75) is 44.0 Å². The van der Waals surface area contributed by atoms with Gasteiger partial charge >= 0.3 is 5.97 Å². The van der Waals surface area contributed by atoms with Gasteiger partial charge in [-0.2, -0.15) is 0 Å². The van der Waals surface area contributed by atoms with Gasteiger partial charge in [0.2, 0.25) is 0 Å². The highest BCUT2D eigenvalue weighted by Gasteiger charge is 2.31. The van der Waals surface area contributed by atoms with Crippen LogP contribution in [0, 0.1) is 0 Å². The zero-order chi connectivity index (χ0) is 12.3. The number of carboxylic acid groups (broad SMARTS) is 1. The van der Waals surface area contributed by atoms with Crippen LogP contribution < -0.4 is 0 Å². The number of ether oxygens (including phenoxy) is 2. The Kier molecular flexibility index (Phi) is 4.53. The topological polar surface area (TPSA) is 72.8 Å². The first-order valence-electron chi connectivity index (χ1n) is 6.00. The lowest BCUT2D eigenvalue weighted by molar-refractivity contribution is -0.148.